The molecule has 0 spiro atoms. The van der Waals surface area contributed by atoms with E-state index in [9.17, 15) is 9.59 Å². The largest absolute Gasteiger partial charge is 0.381 e. The van der Waals surface area contributed by atoms with Crippen LogP contribution < -0.4 is 10.7 Å². The van der Waals surface area contributed by atoms with Gasteiger partial charge in [0.05, 0.1) is 11.7 Å². The van der Waals surface area contributed by atoms with Crippen LogP contribution >= 0.6 is 0 Å². The quantitative estimate of drug-likeness (QED) is 0.746. The fourth-order valence-electron chi connectivity index (χ4n) is 2.42. The molecule has 1 aliphatic carbocycles. The number of para-hydroxylation sites is 1. The van der Waals surface area contributed by atoms with Crippen LogP contribution in [0.2, 0.25) is 0 Å². The second-order valence-electron chi connectivity index (χ2n) is 5.91. The van der Waals surface area contributed by atoms with Gasteiger partial charge in [0.15, 0.2) is 0 Å². The molecule has 6 nitrogen and oxygen atoms in total. The molecule has 0 saturated heterocycles. The Morgan fingerprint density at radius 3 is 3.00 bits per heavy atom. The van der Waals surface area contributed by atoms with Gasteiger partial charge < -0.3 is 10.1 Å². The van der Waals surface area contributed by atoms with Gasteiger partial charge in [-0.25, -0.2) is 0 Å². The first-order valence-electron chi connectivity index (χ1n) is 8.03. The van der Waals surface area contributed by atoms with Crippen molar-refractivity contribution < 1.29 is 9.53 Å². The lowest BCUT2D eigenvalue weighted by molar-refractivity contribution is -0.121. The fourth-order valence-corrected chi connectivity index (χ4v) is 2.42. The minimum absolute atomic E-state index is 0.101. The van der Waals surface area contributed by atoms with Gasteiger partial charge in [-0.3, -0.25) is 14.3 Å². The van der Waals surface area contributed by atoms with Crippen LogP contribution in [0.1, 0.15) is 19.3 Å². The molecule has 1 amide bonds. The Labute approximate surface area is 134 Å². The molecule has 1 heterocycles. The molecule has 122 valence electrons. The second kappa shape index (κ2) is 7.37. The van der Waals surface area contributed by atoms with E-state index in [1.54, 1.807) is 22.9 Å². The smallest absolute Gasteiger partial charge is 0.241 e. The maximum Gasteiger partial charge on any atom is 0.241 e. The third-order valence-electron chi connectivity index (χ3n) is 3.89. The number of hydrogen-bond donors (Lipinski definition) is 1. The third-order valence-corrected chi connectivity index (χ3v) is 3.89. The molecule has 23 heavy (non-hydrogen) atoms. The van der Waals surface area contributed by atoms with E-state index in [1.807, 2.05) is 6.07 Å². The van der Waals surface area contributed by atoms with Gasteiger partial charge in [0.1, 0.15) is 6.54 Å². The van der Waals surface area contributed by atoms with E-state index < -0.39 is 0 Å². The van der Waals surface area contributed by atoms with Crippen LogP contribution in [0.3, 0.4) is 0 Å². The Morgan fingerprint density at radius 1 is 1.35 bits per heavy atom. The van der Waals surface area contributed by atoms with E-state index in [4.69, 9.17) is 4.74 Å². The van der Waals surface area contributed by atoms with Gasteiger partial charge in [0, 0.05) is 25.1 Å². The van der Waals surface area contributed by atoms with Crippen LogP contribution in [0.4, 0.5) is 0 Å². The van der Waals surface area contributed by atoms with E-state index in [-0.39, 0.29) is 17.9 Å². The number of carbonyl (C=O) groups is 1. The van der Waals surface area contributed by atoms with Crippen molar-refractivity contribution in [2.75, 3.05) is 19.8 Å². The average Bonchev–Trinajstić information content (AvgIpc) is 3.38. The van der Waals surface area contributed by atoms with Gasteiger partial charge >= 0.3 is 0 Å². The number of ether oxygens (including phenoxy) is 1. The van der Waals surface area contributed by atoms with Crippen molar-refractivity contribution in [3.8, 4) is 0 Å². The van der Waals surface area contributed by atoms with Crippen LogP contribution in [0.5, 0.6) is 0 Å². The van der Waals surface area contributed by atoms with Crippen LogP contribution in [0.15, 0.2) is 35.3 Å². The maximum absolute atomic E-state index is 12.0. The zero-order valence-electron chi connectivity index (χ0n) is 13.0. The molecule has 1 fully saturated rings. The summed E-state index contributed by atoms with van der Waals surface area (Å²) in [5.74, 6) is 0.651. The highest BCUT2D eigenvalue weighted by molar-refractivity contribution is 5.81. The second-order valence-corrected chi connectivity index (χ2v) is 5.91. The van der Waals surface area contributed by atoms with Crippen molar-refractivity contribution in [3.63, 3.8) is 0 Å². The van der Waals surface area contributed by atoms with Crippen molar-refractivity contribution in [1.82, 2.24) is 15.1 Å². The van der Waals surface area contributed by atoms with E-state index in [1.165, 1.54) is 19.0 Å². The van der Waals surface area contributed by atoms with Crippen LogP contribution in [0.25, 0.3) is 10.9 Å². The molecule has 1 aromatic heterocycles. The van der Waals surface area contributed by atoms with Gasteiger partial charge in [-0.05, 0) is 37.3 Å². The summed E-state index contributed by atoms with van der Waals surface area (Å²) in [5.41, 5.74) is 0.535. The van der Waals surface area contributed by atoms with Gasteiger partial charge in [-0.1, -0.05) is 12.1 Å². The molecular weight excluding hydrogens is 294 g/mol. The Morgan fingerprint density at radius 2 is 2.17 bits per heavy atom. The topological polar surface area (TPSA) is 73.2 Å². The van der Waals surface area contributed by atoms with E-state index in [2.05, 4.69) is 10.4 Å². The van der Waals surface area contributed by atoms with Crippen molar-refractivity contribution in [2.45, 2.75) is 25.8 Å². The summed E-state index contributed by atoms with van der Waals surface area (Å²) in [7, 11) is 0. The Bertz CT molecular complexity index is 737. The Balaban J connectivity index is 1.47. The number of rotatable bonds is 8. The molecular formula is C17H21N3O3. The molecule has 2 aromatic rings. The number of aromatic nitrogens is 2. The molecule has 0 bridgehead atoms. The van der Waals surface area contributed by atoms with Crippen LogP contribution in [-0.2, 0) is 16.1 Å². The summed E-state index contributed by atoms with van der Waals surface area (Å²) in [6, 6.07) is 7.17. The highest BCUT2D eigenvalue weighted by Gasteiger charge is 2.20. The van der Waals surface area contributed by atoms with Crippen molar-refractivity contribution in [2.24, 2.45) is 5.92 Å². The molecule has 0 radical (unpaired) electrons. The number of carbonyl (C=O) groups excluding carboxylic acids is 1. The SMILES string of the molecule is O=C(Cn1ncc(=O)c2ccccc21)NCCCOCC1CC1. The predicted molar refractivity (Wildman–Crippen MR) is 87.2 cm³/mol. The summed E-state index contributed by atoms with van der Waals surface area (Å²) < 4.78 is 7.08. The monoisotopic (exact) mass is 315 g/mol. The summed E-state index contributed by atoms with van der Waals surface area (Å²) in [4.78, 5) is 23.8. The molecule has 6 heteroatoms. The summed E-state index contributed by atoms with van der Waals surface area (Å²) in [6.45, 7) is 2.21. The molecule has 0 unspecified atom stereocenters. The molecule has 1 N–H and O–H groups in total. The molecule has 0 atom stereocenters. The first-order valence-corrected chi connectivity index (χ1v) is 8.03. The van der Waals surface area contributed by atoms with Crippen molar-refractivity contribution >= 4 is 16.8 Å². The maximum atomic E-state index is 12.0. The number of benzene rings is 1. The molecule has 1 aromatic carbocycles. The number of nitrogens with zero attached hydrogens (tertiary/aromatic N) is 2. The lowest BCUT2D eigenvalue weighted by atomic mass is 10.2. The fraction of sp³-hybridized carbons (Fsp3) is 0.471. The Hall–Kier alpha value is -2.21. The van der Waals surface area contributed by atoms with E-state index >= 15 is 0 Å². The molecule has 3 rings (SSSR count). The zero-order chi connectivity index (χ0) is 16.1. The minimum Gasteiger partial charge on any atom is -0.381 e. The average molecular weight is 315 g/mol. The van der Waals surface area contributed by atoms with Crippen LogP contribution in [0, 0.1) is 5.92 Å². The van der Waals surface area contributed by atoms with Gasteiger partial charge in [-0.15, -0.1) is 0 Å². The summed E-state index contributed by atoms with van der Waals surface area (Å²) >= 11 is 0. The van der Waals surface area contributed by atoms with Gasteiger partial charge in [0.2, 0.25) is 11.3 Å². The highest BCUT2D eigenvalue weighted by Crippen LogP contribution is 2.28. The van der Waals surface area contributed by atoms with Crippen LogP contribution in [-0.4, -0.2) is 35.4 Å². The van der Waals surface area contributed by atoms with E-state index in [0.29, 0.717) is 24.1 Å². The number of hydrogen-bond acceptors (Lipinski definition) is 4. The first kappa shape index (κ1) is 15.7. The molecule has 1 saturated carbocycles. The van der Waals surface area contributed by atoms with Gasteiger partial charge in [-0.2, -0.15) is 5.10 Å². The molecule has 0 aliphatic heterocycles. The van der Waals surface area contributed by atoms with Crippen molar-refractivity contribution in [1.29, 1.82) is 0 Å². The molecule has 1 aliphatic rings. The van der Waals surface area contributed by atoms with Crippen molar-refractivity contribution in [3.05, 3.63) is 40.7 Å². The highest BCUT2D eigenvalue weighted by atomic mass is 16.5. The normalized spacial score (nSPS) is 14.1. The Kier molecular flexibility index (Phi) is 5.02. The third kappa shape index (κ3) is 4.39. The number of amides is 1. The first-order chi connectivity index (χ1) is 11.2. The number of fused-ring (bicyclic) bond motifs is 1. The van der Waals surface area contributed by atoms with E-state index in [0.717, 1.165) is 18.9 Å². The summed E-state index contributed by atoms with van der Waals surface area (Å²) in [6.07, 6.45) is 4.63. The zero-order valence-corrected chi connectivity index (χ0v) is 13.0. The minimum atomic E-state index is -0.134. The van der Waals surface area contributed by atoms with Gasteiger partial charge in [0.25, 0.3) is 0 Å². The summed E-state index contributed by atoms with van der Waals surface area (Å²) in [5, 5.41) is 7.48. The predicted octanol–water partition coefficient (Wildman–Crippen LogP) is 1.33. The lowest BCUT2D eigenvalue weighted by Gasteiger charge is -2.10. The number of nitrogens with one attached hydrogen (secondary N) is 1. The lowest BCUT2D eigenvalue weighted by Crippen LogP contribution is -2.30. The standard InChI is InChI=1S/C17H21N3O3/c21-16-10-19-20(15-5-2-1-4-14(15)16)11-17(22)18-8-3-9-23-12-13-6-7-13/h1-2,4-5,10,13H,3,6-9,11-12H2,(H,18,22).